The molecule has 0 saturated heterocycles. The lowest BCUT2D eigenvalue weighted by molar-refractivity contribution is 0.924. The summed E-state index contributed by atoms with van der Waals surface area (Å²) in [6, 6.07) is 43.7. The number of benzene rings is 5. The van der Waals surface area contributed by atoms with Crippen molar-refractivity contribution >= 4 is 54.3 Å². The Bertz CT molecular complexity index is 1620. The van der Waals surface area contributed by atoms with E-state index in [4.69, 9.17) is 0 Å². The number of rotatable bonds is 6. The number of thiophene rings is 1. The molecule has 0 fully saturated rings. The minimum atomic E-state index is 0.893. The van der Waals surface area contributed by atoms with Gasteiger partial charge in [0.25, 0.3) is 0 Å². The summed E-state index contributed by atoms with van der Waals surface area (Å²) in [5.41, 5.74) is 7.32. The molecule has 0 saturated carbocycles. The molecule has 0 bridgehead atoms. The van der Waals surface area contributed by atoms with Crippen molar-refractivity contribution in [3.8, 4) is 0 Å². The Kier molecular flexibility index (Phi) is 5.92. The van der Waals surface area contributed by atoms with Crippen LogP contribution in [-0.4, -0.2) is 7.05 Å². The topological polar surface area (TPSA) is 6.48 Å². The van der Waals surface area contributed by atoms with Crippen molar-refractivity contribution in [1.29, 1.82) is 0 Å². The van der Waals surface area contributed by atoms with Crippen LogP contribution < -0.4 is 9.80 Å². The Hall–Kier alpha value is -4.08. The van der Waals surface area contributed by atoms with Crippen molar-refractivity contribution < 1.29 is 0 Å². The molecule has 0 aliphatic rings. The largest absolute Gasteiger partial charge is 0.370 e. The van der Waals surface area contributed by atoms with E-state index >= 15 is 0 Å². The van der Waals surface area contributed by atoms with Crippen molar-refractivity contribution in [2.24, 2.45) is 0 Å². The number of fused-ring (bicyclic) bond motifs is 3. The molecular weight excluding hydrogens is 456 g/mol. The predicted molar refractivity (Wildman–Crippen MR) is 157 cm³/mol. The summed E-state index contributed by atoms with van der Waals surface area (Å²) >= 11 is 1.87. The Morgan fingerprint density at radius 1 is 0.556 bits per heavy atom. The molecule has 176 valence electrons. The third-order valence-corrected chi connectivity index (χ3v) is 7.82. The van der Waals surface area contributed by atoms with E-state index in [1.165, 1.54) is 42.7 Å². The highest BCUT2D eigenvalue weighted by Gasteiger charge is 2.15. The first-order valence-corrected chi connectivity index (χ1v) is 13.1. The first-order valence-electron chi connectivity index (χ1n) is 12.3. The van der Waals surface area contributed by atoms with Gasteiger partial charge in [0.2, 0.25) is 0 Å². The van der Waals surface area contributed by atoms with E-state index in [0.717, 1.165) is 17.9 Å². The first-order chi connectivity index (χ1) is 17.7. The van der Waals surface area contributed by atoms with Gasteiger partial charge in [0.05, 0.1) is 0 Å². The number of nitrogens with zero attached hydrogens (tertiary/aromatic N) is 2. The second kappa shape index (κ2) is 9.52. The number of aryl methyl sites for hydroxylation is 1. The van der Waals surface area contributed by atoms with Gasteiger partial charge < -0.3 is 9.80 Å². The molecule has 5 aromatic carbocycles. The van der Waals surface area contributed by atoms with E-state index in [2.05, 4.69) is 145 Å². The minimum absolute atomic E-state index is 0.893. The summed E-state index contributed by atoms with van der Waals surface area (Å²) in [7, 11) is 2.17. The minimum Gasteiger partial charge on any atom is -0.370 e. The van der Waals surface area contributed by atoms with Crippen LogP contribution in [0.5, 0.6) is 0 Å². The quantitative estimate of drug-likeness (QED) is 0.232. The molecule has 0 spiro atoms. The molecule has 2 nitrogen and oxygen atoms in total. The molecule has 0 unspecified atom stereocenters. The Labute approximate surface area is 216 Å². The lowest BCUT2D eigenvalue weighted by Gasteiger charge is -2.25. The monoisotopic (exact) mass is 484 g/mol. The van der Waals surface area contributed by atoms with E-state index in [-0.39, 0.29) is 0 Å². The maximum atomic E-state index is 2.34. The van der Waals surface area contributed by atoms with Gasteiger partial charge in [-0.25, -0.2) is 0 Å². The second-order valence-corrected chi connectivity index (χ2v) is 10.4. The lowest BCUT2D eigenvalue weighted by Crippen LogP contribution is -2.15. The Balaban J connectivity index is 1.39. The fourth-order valence-corrected chi connectivity index (χ4v) is 5.97. The van der Waals surface area contributed by atoms with Crippen molar-refractivity contribution in [3.05, 3.63) is 132 Å². The SMILES string of the molecule is Cc1ccc(N(c2ccccc2)c2ccc3c(c2)sc2cc(N(C)Cc4ccccc4)ccc23)cc1. The van der Waals surface area contributed by atoms with Crippen molar-refractivity contribution in [2.45, 2.75) is 13.5 Å². The van der Waals surface area contributed by atoms with Gasteiger partial charge >= 0.3 is 0 Å². The predicted octanol–water partition coefficient (Wildman–Crippen LogP) is 9.47. The molecule has 6 aromatic rings. The number of anilines is 4. The average molecular weight is 485 g/mol. The normalized spacial score (nSPS) is 11.2. The van der Waals surface area contributed by atoms with Gasteiger partial charge in [0.15, 0.2) is 0 Å². The zero-order chi connectivity index (χ0) is 24.5. The third kappa shape index (κ3) is 4.34. The lowest BCUT2D eigenvalue weighted by atomic mass is 10.1. The fourth-order valence-electron chi connectivity index (χ4n) is 4.80. The molecule has 0 aliphatic carbocycles. The first kappa shape index (κ1) is 22.4. The second-order valence-electron chi connectivity index (χ2n) is 9.31. The van der Waals surface area contributed by atoms with Gasteiger partial charge in [0.1, 0.15) is 0 Å². The van der Waals surface area contributed by atoms with Gasteiger partial charge in [-0.3, -0.25) is 0 Å². The molecule has 0 aliphatic heterocycles. The van der Waals surface area contributed by atoms with Crippen LogP contribution in [-0.2, 0) is 6.54 Å². The zero-order valence-corrected chi connectivity index (χ0v) is 21.4. The van der Waals surface area contributed by atoms with E-state index in [1.807, 2.05) is 11.3 Å². The maximum absolute atomic E-state index is 2.34. The Morgan fingerprint density at radius 3 is 1.75 bits per heavy atom. The molecule has 1 aromatic heterocycles. The molecule has 3 heteroatoms. The van der Waals surface area contributed by atoms with E-state index in [9.17, 15) is 0 Å². The molecule has 0 atom stereocenters. The summed E-state index contributed by atoms with van der Waals surface area (Å²) in [6.07, 6.45) is 0. The standard InChI is InChI=1S/C33H28N2S/c1-24-13-15-27(16-14-24)35(26-11-7-4-8-12-26)29-18-20-31-30-19-17-28(21-32(30)36-33(31)22-29)34(2)23-25-9-5-3-6-10-25/h3-22H,23H2,1-2H3. The maximum Gasteiger partial charge on any atom is 0.0476 e. The summed E-state index contributed by atoms with van der Waals surface area (Å²) in [5.74, 6) is 0. The van der Waals surface area contributed by atoms with Gasteiger partial charge in [0, 0.05) is 56.5 Å². The molecule has 0 N–H and O–H groups in total. The molecule has 0 radical (unpaired) electrons. The molecule has 36 heavy (non-hydrogen) atoms. The van der Waals surface area contributed by atoms with Gasteiger partial charge in [-0.1, -0.05) is 78.4 Å². The summed E-state index contributed by atoms with van der Waals surface area (Å²) in [4.78, 5) is 4.65. The highest BCUT2D eigenvalue weighted by molar-refractivity contribution is 7.25. The van der Waals surface area contributed by atoms with Crippen molar-refractivity contribution in [3.63, 3.8) is 0 Å². The number of para-hydroxylation sites is 1. The van der Waals surface area contributed by atoms with E-state index in [1.54, 1.807) is 0 Å². The third-order valence-electron chi connectivity index (χ3n) is 6.71. The van der Waals surface area contributed by atoms with E-state index in [0.29, 0.717) is 0 Å². The molecule has 0 amide bonds. The smallest absolute Gasteiger partial charge is 0.0476 e. The van der Waals surface area contributed by atoms with Crippen LogP contribution >= 0.6 is 11.3 Å². The summed E-state index contributed by atoms with van der Waals surface area (Å²) in [5, 5.41) is 2.63. The van der Waals surface area contributed by atoms with Crippen LogP contribution in [0, 0.1) is 6.92 Å². The van der Waals surface area contributed by atoms with Crippen LogP contribution in [0.4, 0.5) is 22.7 Å². The molecular formula is C33H28N2S. The van der Waals surface area contributed by atoms with Gasteiger partial charge in [-0.2, -0.15) is 0 Å². The number of hydrogen-bond donors (Lipinski definition) is 0. The zero-order valence-electron chi connectivity index (χ0n) is 20.6. The highest BCUT2D eigenvalue weighted by atomic mass is 32.1. The van der Waals surface area contributed by atoms with Crippen LogP contribution in [0.25, 0.3) is 20.2 Å². The van der Waals surface area contributed by atoms with Gasteiger partial charge in [-0.05, 0) is 61.0 Å². The summed E-state index contributed by atoms with van der Waals surface area (Å²) in [6.45, 7) is 3.02. The van der Waals surface area contributed by atoms with E-state index < -0.39 is 0 Å². The van der Waals surface area contributed by atoms with Gasteiger partial charge in [-0.15, -0.1) is 11.3 Å². The summed E-state index contributed by atoms with van der Waals surface area (Å²) < 4.78 is 2.62. The fraction of sp³-hybridized carbons (Fsp3) is 0.0909. The highest BCUT2D eigenvalue weighted by Crippen LogP contribution is 2.41. The van der Waals surface area contributed by atoms with Crippen molar-refractivity contribution in [1.82, 2.24) is 0 Å². The molecule has 1 heterocycles. The van der Waals surface area contributed by atoms with Crippen LogP contribution in [0.3, 0.4) is 0 Å². The van der Waals surface area contributed by atoms with Crippen LogP contribution in [0.15, 0.2) is 121 Å². The average Bonchev–Trinajstić information content (AvgIpc) is 3.28. The molecule has 6 rings (SSSR count). The number of hydrogen-bond acceptors (Lipinski definition) is 3. The Morgan fingerprint density at radius 2 is 1.08 bits per heavy atom. The van der Waals surface area contributed by atoms with Crippen LogP contribution in [0.2, 0.25) is 0 Å². The van der Waals surface area contributed by atoms with Crippen LogP contribution in [0.1, 0.15) is 11.1 Å². The van der Waals surface area contributed by atoms with Crippen molar-refractivity contribution in [2.75, 3.05) is 16.8 Å².